The fraction of sp³-hybridized carbons (Fsp3) is 0.143. The smallest absolute Gasteiger partial charge is 0.0994 e. The Labute approximate surface area is 105 Å². The maximum atomic E-state index is 5.61. The highest BCUT2D eigenvalue weighted by Gasteiger charge is 2.04. The van der Waals surface area contributed by atoms with E-state index in [1.54, 1.807) is 6.20 Å². The topological polar surface area (TPSA) is 56.7 Å². The van der Waals surface area contributed by atoms with Crippen LogP contribution < -0.4 is 5.73 Å². The van der Waals surface area contributed by atoms with Gasteiger partial charge in [0.2, 0.25) is 0 Å². The van der Waals surface area contributed by atoms with Crippen molar-refractivity contribution >= 4 is 10.9 Å². The third kappa shape index (κ3) is 1.87. The molecule has 4 heteroatoms. The van der Waals surface area contributed by atoms with Crippen LogP contribution in [0.25, 0.3) is 16.6 Å². The number of hydrogen-bond donors (Lipinski definition) is 1. The number of fused-ring (bicyclic) bond motifs is 1. The molecule has 0 unspecified atom stereocenters. The predicted octanol–water partition coefficient (Wildman–Crippen LogP) is 1.92. The zero-order valence-electron chi connectivity index (χ0n) is 9.95. The molecule has 0 fully saturated rings. The molecule has 90 valence electrons. The van der Waals surface area contributed by atoms with Gasteiger partial charge in [-0.25, -0.2) is 4.98 Å². The number of nitrogens with two attached hydrogens (primary N) is 1. The van der Waals surface area contributed by atoms with Crippen molar-refractivity contribution in [2.75, 3.05) is 6.54 Å². The minimum absolute atomic E-state index is 0.626. The van der Waals surface area contributed by atoms with Crippen LogP contribution in [-0.4, -0.2) is 21.1 Å². The Bertz CT molecular complexity index is 672. The summed E-state index contributed by atoms with van der Waals surface area (Å²) in [5.74, 6) is 0. The summed E-state index contributed by atoms with van der Waals surface area (Å²) in [4.78, 5) is 8.51. The van der Waals surface area contributed by atoms with Gasteiger partial charge in [0, 0.05) is 35.6 Å². The van der Waals surface area contributed by atoms with Gasteiger partial charge in [-0.05, 0) is 30.8 Å². The van der Waals surface area contributed by atoms with Gasteiger partial charge in [0.05, 0.1) is 11.8 Å². The van der Waals surface area contributed by atoms with Gasteiger partial charge in [0.15, 0.2) is 0 Å². The van der Waals surface area contributed by atoms with Crippen LogP contribution in [0.1, 0.15) is 5.69 Å². The lowest BCUT2D eigenvalue weighted by Gasteiger charge is -2.08. The molecule has 2 aromatic heterocycles. The Kier molecular flexibility index (Phi) is 2.78. The number of pyridine rings is 1. The summed E-state index contributed by atoms with van der Waals surface area (Å²) in [6, 6.07) is 10.2. The summed E-state index contributed by atoms with van der Waals surface area (Å²) < 4.78 is 2.07. The molecule has 2 N–H and O–H groups in total. The van der Waals surface area contributed by atoms with Gasteiger partial charge in [-0.15, -0.1) is 0 Å². The molecule has 0 aliphatic carbocycles. The van der Waals surface area contributed by atoms with Crippen molar-refractivity contribution in [1.82, 2.24) is 14.5 Å². The van der Waals surface area contributed by atoms with Crippen LogP contribution in [0.3, 0.4) is 0 Å². The summed E-state index contributed by atoms with van der Waals surface area (Å²) in [5, 5.41) is 1.13. The lowest BCUT2D eigenvalue weighted by Crippen LogP contribution is -2.07. The van der Waals surface area contributed by atoms with Crippen molar-refractivity contribution in [2.24, 2.45) is 5.73 Å². The van der Waals surface area contributed by atoms with Crippen molar-refractivity contribution in [3.05, 3.63) is 54.7 Å². The SMILES string of the molecule is NCCc1cncn1-c1ccc2ncccc2c1. The van der Waals surface area contributed by atoms with Crippen LogP contribution in [0.15, 0.2) is 49.1 Å². The Morgan fingerprint density at radius 3 is 3.06 bits per heavy atom. The van der Waals surface area contributed by atoms with E-state index >= 15 is 0 Å². The maximum Gasteiger partial charge on any atom is 0.0994 e. The summed E-state index contributed by atoms with van der Waals surface area (Å²) in [6.07, 6.45) is 6.31. The monoisotopic (exact) mass is 238 g/mol. The van der Waals surface area contributed by atoms with Crippen molar-refractivity contribution in [3.8, 4) is 5.69 Å². The largest absolute Gasteiger partial charge is 0.330 e. The third-order valence-electron chi connectivity index (χ3n) is 2.98. The number of benzene rings is 1. The first-order valence-corrected chi connectivity index (χ1v) is 5.95. The van der Waals surface area contributed by atoms with Gasteiger partial charge in [-0.3, -0.25) is 4.98 Å². The second kappa shape index (κ2) is 4.58. The second-order valence-corrected chi connectivity index (χ2v) is 4.17. The molecule has 0 amide bonds. The molecule has 1 aromatic carbocycles. The maximum absolute atomic E-state index is 5.61. The van der Waals surface area contributed by atoms with E-state index in [1.807, 2.05) is 24.7 Å². The van der Waals surface area contributed by atoms with Gasteiger partial charge in [0.1, 0.15) is 0 Å². The van der Waals surface area contributed by atoms with Crippen LogP contribution in [-0.2, 0) is 6.42 Å². The van der Waals surface area contributed by atoms with E-state index in [0.29, 0.717) is 6.54 Å². The van der Waals surface area contributed by atoms with E-state index in [0.717, 1.165) is 28.7 Å². The van der Waals surface area contributed by atoms with Crippen molar-refractivity contribution in [3.63, 3.8) is 0 Å². The van der Waals surface area contributed by atoms with Gasteiger partial charge in [0.25, 0.3) is 0 Å². The lowest BCUT2D eigenvalue weighted by atomic mass is 10.2. The number of rotatable bonds is 3. The van der Waals surface area contributed by atoms with Gasteiger partial charge in [-0.1, -0.05) is 6.07 Å². The molecule has 18 heavy (non-hydrogen) atoms. The molecule has 0 radical (unpaired) electrons. The molecule has 0 spiro atoms. The highest BCUT2D eigenvalue weighted by Crippen LogP contribution is 2.18. The molecule has 2 heterocycles. The second-order valence-electron chi connectivity index (χ2n) is 4.17. The predicted molar refractivity (Wildman–Crippen MR) is 71.6 cm³/mol. The third-order valence-corrected chi connectivity index (χ3v) is 2.98. The van der Waals surface area contributed by atoms with Crippen molar-refractivity contribution in [2.45, 2.75) is 6.42 Å². The zero-order chi connectivity index (χ0) is 12.4. The van der Waals surface area contributed by atoms with E-state index in [-0.39, 0.29) is 0 Å². The Balaban J connectivity index is 2.10. The lowest BCUT2D eigenvalue weighted by molar-refractivity contribution is 0.874. The fourth-order valence-electron chi connectivity index (χ4n) is 2.10. The molecular weight excluding hydrogens is 224 g/mol. The Hall–Kier alpha value is -2.20. The number of nitrogens with zero attached hydrogens (tertiary/aromatic N) is 3. The van der Waals surface area contributed by atoms with Crippen molar-refractivity contribution < 1.29 is 0 Å². The van der Waals surface area contributed by atoms with E-state index in [4.69, 9.17) is 5.73 Å². The van der Waals surface area contributed by atoms with E-state index in [9.17, 15) is 0 Å². The summed E-state index contributed by atoms with van der Waals surface area (Å²) in [5.41, 5.74) is 8.83. The van der Waals surface area contributed by atoms with E-state index in [2.05, 4.69) is 32.7 Å². The molecule has 0 aliphatic rings. The first-order valence-electron chi connectivity index (χ1n) is 5.95. The molecule has 0 bridgehead atoms. The molecule has 3 aromatic rings. The van der Waals surface area contributed by atoms with Crippen LogP contribution in [0.2, 0.25) is 0 Å². The van der Waals surface area contributed by atoms with Crippen LogP contribution in [0.4, 0.5) is 0 Å². The van der Waals surface area contributed by atoms with Crippen LogP contribution in [0.5, 0.6) is 0 Å². The molecule has 0 aliphatic heterocycles. The molecule has 0 saturated carbocycles. The Morgan fingerprint density at radius 2 is 2.17 bits per heavy atom. The highest BCUT2D eigenvalue weighted by atomic mass is 15.0. The molecule has 0 atom stereocenters. The number of aromatic nitrogens is 3. The molecule has 3 rings (SSSR count). The summed E-state index contributed by atoms with van der Waals surface area (Å²) >= 11 is 0. The van der Waals surface area contributed by atoms with Gasteiger partial charge in [-0.2, -0.15) is 0 Å². The summed E-state index contributed by atoms with van der Waals surface area (Å²) in [6.45, 7) is 0.626. The zero-order valence-corrected chi connectivity index (χ0v) is 9.95. The van der Waals surface area contributed by atoms with Gasteiger partial charge >= 0.3 is 0 Å². The average Bonchev–Trinajstić information content (AvgIpc) is 2.87. The minimum Gasteiger partial charge on any atom is -0.330 e. The quantitative estimate of drug-likeness (QED) is 0.758. The van der Waals surface area contributed by atoms with Crippen molar-refractivity contribution in [1.29, 1.82) is 0 Å². The average molecular weight is 238 g/mol. The van der Waals surface area contributed by atoms with E-state index < -0.39 is 0 Å². The molecule has 0 saturated heterocycles. The van der Waals surface area contributed by atoms with Crippen LogP contribution in [0, 0.1) is 0 Å². The standard InChI is InChI=1S/C14H14N4/c15-6-5-13-9-16-10-18(13)12-3-4-14-11(8-12)2-1-7-17-14/h1-4,7-10H,5-6,15H2. The fourth-order valence-corrected chi connectivity index (χ4v) is 2.10. The van der Waals surface area contributed by atoms with Gasteiger partial charge < -0.3 is 10.3 Å². The Morgan fingerprint density at radius 1 is 1.22 bits per heavy atom. The summed E-state index contributed by atoms with van der Waals surface area (Å²) in [7, 11) is 0. The first-order chi connectivity index (χ1) is 8.88. The first kappa shape index (κ1) is 10.9. The number of imidazole rings is 1. The van der Waals surface area contributed by atoms with E-state index in [1.165, 1.54) is 0 Å². The number of hydrogen-bond acceptors (Lipinski definition) is 3. The molecular formula is C14H14N4. The molecule has 4 nitrogen and oxygen atoms in total. The normalized spacial score (nSPS) is 10.9. The minimum atomic E-state index is 0.626. The van der Waals surface area contributed by atoms with Crippen LogP contribution >= 0.6 is 0 Å². The highest BCUT2D eigenvalue weighted by molar-refractivity contribution is 5.80.